The molecule has 234 valence electrons. The summed E-state index contributed by atoms with van der Waals surface area (Å²) in [6.45, 7) is 9.06. The SMILES string of the molecule is C.C1CCOC1.C[Si](C)(C)c1cc2ccccc2c2c1oc1c(Cl)cccc12.Clc1cccc2c1oc1ccc3ccccc3c12. The molecule has 46 heavy (non-hydrogen) atoms. The minimum absolute atomic E-state index is 0. The number of fused-ring (bicyclic) bond motifs is 10. The molecule has 0 saturated carbocycles. The number of benzene rings is 6. The molecular weight excluding hydrogens is 627 g/mol. The summed E-state index contributed by atoms with van der Waals surface area (Å²) < 4.78 is 17.1. The maximum atomic E-state index is 6.36. The first-order valence-electron chi connectivity index (χ1n) is 15.4. The van der Waals surface area contributed by atoms with Crippen molar-refractivity contribution < 1.29 is 13.6 Å². The topological polar surface area (TPSA) is 35.5 Å². The van der Waals surface area contributed by atoms with E-state index in [0.717, 1.165) is 51.7 Å². The van der Waals surface area contributed by atoms with Crippen LogP contribution in [-0.2, 0) is 4.74 Å². The molecule has 0 atom stereocenters. The molecule has 8 aromatic rings. The zero-order valence-electron chi connectivity index (χ0n) is 25.6. The average molecular weight is 666 g/mol. The van der Waals surface area contributed by atoms with E-state index in [-0.39, 0.29) is 7.43 Å². The van der Waals surface area contributed by atoms with E-state index in [9.17, 15) is 0 Å². The summed E-state index contributed by atoms with van der Waals surface area (Å²) in [4.78, 5) is 0. The monoisotopic (exact) mass is 664 g/mol. The Bertz CT molecular complexity index is 2320. The predicted octanol–water partition coefficient (Wildman–Crippen LogP) is 12.8. The molecule has 0 bridgehead atoms. The van der Waals surface area contributed by atoms with Crippen molar-refractivity contribution in [1.82, 2.24) is 0 Å². The lowest BCUT2D eigenvalue weighted by atomic mass is 10.0. The molecule has 0 N–H and O–H groups in total. The molecule has 0 unspecified atom stereocenters. The van der Waals surface area contributed by atoms with Gasteiger partial charge in [-0.15, -0.1) is 0 Å². The van der Waals surface area contributed by atoms with Gasteiger partial charge in [-0.05, 0) is 57.8 Å². The van der Waals surface area contributed by atoms with Crippen molar-refractivity contribution in [2.24, 2.45) is 0 Å². The fraction of sp³-hybridized carbons (Fsp3) is 0.200. The van der Waals surface area contributed by atoms with Crippen LogP contribution in [0.5, 0.6) is 0 Å². The number of ether oxygens (including phenoxy) is 1. The molecule has 0 spiro atoms. The Morgan fingerprint density at radius 1 is 0.543 bits per heavy atom. The van der Waals surface area contributed by atoms with Gasteiger partial charge in [0.05, 0.1) is 18.1 Å². The minimum Gasteiger partial charge on any atom is -0.455 e. The van der Waals surface area contributed by atoms with Gasteiger partial charge >= 0.3 is 0 Å². The third-order valence-corrected chi connectivity index (χ3v) is 11.0. The van der Waals surface area contributed by atoms with E-state index in [0.29, 0.717) is 10.0 Å². The number of halogens is 2. The van der Waals surface area contributed by atoms with Crippen LogP contribution < -0.4 is 5.19 Å². The van der Waals surface area contributed by atoms with Crippen molar-refractivity contribution >= 4 is 102 Å². The van der Waals surface area contributed by atoms with Crippen molar-refractivity contribution in [1.29, 1.82) is 0 Å². The molecule has 1 aliphatic rings. The van der Waals surface area contributed by atoms with Gasteiger partial charge < -0.3 is 13.6 Å². The zero-order valence-corrected chi connectivity index (χ0v) is 28.1. The largest absolute Gasteiger partial charge is 0.455 e. The first kappa shape index (κ1) is 32.2. The fourth-order valence-electron chi connectivity index (χ4n) is 6.21. The molecule has 6 aromatic carbocycles. The highest BCUT2D eigenvalue weighted by Crippen LogP contribution is 2.38. The van der Waals surface area contributed by atoms with Crippen LogP contribution >= 0.6 is 23.2 Å². The molecule has 9 rings (SSSR count). The maximum Gasteiger partial charge on any atom is 0.154 e. The molecule has 1 aliphatic heterocycles. The Hall–Kier alpha value is -3.80. The van der Waals surface area contributed by atoms with Gasteiger partial charge in [0.1, 0.15) is 11.2 Å². The van der Waals surface area contributed by atoms with Crippen LogP contribution in [0.25, 0.3) is 65.4 Å². The van der Waals surface area contributed by atoms with E-state index < -0.39 is 8.07 Å². The number of hydrogen-bond donors (Lipinski definition) is 0. The number of rotatable bonds is 1. The summed E-state index contributed by atoms with van der Waals surface area (Å²) in [7, 11) is -1.53. The van der Waals surface area contributed by atoms with Crippen molar-refractivity contribution in [3.8, 4) is 0 Å². The third-order valence-electron chi connectivity index (χ3n) is 8.42. The van der Waals surface area contributed by atoms with E-state index in [1.54, 1.807) is 0 Å². The van der Waals surface area contributed by atoms with Gasteiger partial charge in [-0.25, -0.2) is 0 Å². The molecular formula is C40H38Cl2O3Si. The molecule has 1 fully saturated rings. The molecule has 0 radical (unpaired) electrons. The zero-order chi connectivity index (χ0) is 31.1. The second kappa shape index (κ2) is 13.1. The van der Waals surface area contributed by atoms with Crippen LogP contribution in [0.15, 0.2) is 112 Å². The van der Waals surface area contributed by atoms with Gasteiger partial charge in [0.2, 0.25) is 0 Å². The summed E-state index contributed by atoms with van der Waals surface area (Å²) in [5.41, 5.74) is 3.47. The summed E-state index contributed by atoms with van der Waals surface area (Å²) in [5, 5.41) is 12.2. The van der Waals surface area contributed by atoms with Crippen LogP contribution in [0.4, 0.5) is 0 Å². The van der Waals surface area contributed by atoms with E-state index >= 15 is 0 Å². The van der Waals surface area contributed by atoms with Crippen LogP contribution in [-0.4, -0.2) is 21.3 Å². The standard InChI is InChI=1S/C19H17ClOSi.C16H9ClO.C4H8O.CH4/c1-22(2,3)16-11-12-7-4-5-8-13(12)17-14-9-6-10-15(20)18(14)21-19(16)17;17-13-7-3-6-12-15-11-5-2-1-4-10(11)8-9-14(15)18-16(12)13;1-2-4-5-3-1;/h4-11H,1-3H3;1-9H;1-4H2;1H4. The van der Waals surface area contributed by atoms with E-state index in [1.807, 2.05) is 42.5 Å². The van der Waals surface area contributed by atoms with Gasteiger partial charge in [-0.2, -0.15) is 0 Å². The van der Waals surface area contributed by atoms with E-state index in [4.69, 9.17) is 36.8 Å². The van der Waals surface area contributed by atoms with Crippen molar-refractivity contribution in [3.63, 3.8) is 0 Å². The molecule has 1 saturated heterocycles. The Morgan fingerprint density at radius 3 is 1.70 bits per heavy atom. The molecule has 3 nitrogen and oxygen atoms in total. The number of hydrogen-bond acceptors (Lipinski definition) is 3. The van der Waals surface area contributed by atoms with Gasteiger partial charge in [0.15, 0.2) is 11.2 Å². The smallest absolute Gasteiger partial charge is 0.154 e. The van der Waals surface area contributed by atoms with Crippen LogP contribution in [0, 0.1) is 0 Å². The van der Waals surface area contributed by atoms with Crippen molar-refractivity contribution in [2.75, 3.05) is 13.2 Å². The molecule has 0 aliphatic carbocycles. The summed E-state index contributed by atoms with van der Waals surface area (Å²) in [6.07, 6.45) is 2.56. The van der Waals surface area contributed by atoms with Gasteiger partial charge in [0, 0.05) is 34.8 Å². The second-order valence-electron chi connectivity index (χ2n) is 12.5. The highest BCUT2D eigenvalue weighted by Gasteiger charge is 2.25. The highest BCUT2D eigenvalue weighted by molar-refractivity contribution is 6.90. The van der Waals surface area contributed by atoms with Gasteiger partial charge in [-0.3, -0.25) is 0 Å². The normalized spacial score (nSPS) is 13.2. The van der Waals surface area contributed by atoms with E-state index in [2.05, 4.69) is 80.3 Å². The van der Waals surface area contributed by atoms with Crippen LogP contribution in [0.3, 0.4) is 0 Å². The van der Waals surface area contributed by atoms with Crippen molar-refractivity contribution in [2.45, 2.75) is 39.9 Å². The summed E-state index contributed by atoms with van der Waals surface area (Å²) in [6, 6.07) is 35.1. The Morgan fingerprint density at radius 2 is 1.09 bits per heavy atom. The highest BCUT2D eigenvalue weighted by atomic mass is 35.5. The lowest BCUT2D eigenvalue weighted by Gasteiger charge is -2.18. The quantitative estimate of drug-likeness (QED) is 0.164. The maximum absolute atomic E-state index is 6.36. The number of furan rings is 2. The van der Waals surface area contributed by atoms with Crippen LogP contribution in [0.1, 0.15) is 20.3 Å². The third kappa shape index (κ3) is 5.91. The number of para-hydroxylation sites is 2. The Labute approximate surface area is 280 Å². The fourth-order valence-corrected chi connectivity index (χ4v) is 8.09. The molecule has 3 heterocycles. The summed E-state index contributed by atoms with van der Waals surface area (Å²) in [5.74, 6) is 0. The second-order valence-corrected chi connectivity index (χ2v) is 18.4. The Kier molecular flexibility index (Phi) is 9.18. The lowest BCUT2D eigenvalue weighted by molar-refractivity contribution is 0.198. The minimum atomic E-state index is -1.53. The Balaban J connectivity index is 0.000000139. The van der Waals surface area contributed by atoms with Gasteiger partial charge in [-0.1, -0.05) is 135 Å². The average Bonchev–Trinajstić information content (AvgIpc) is 3.82. The molecule has 2 aromatic heterocycles. The van der Waals surface area contributed by atoms with Gasteiger partial charge in [0.25, 0.3) is 0 Å². The van der Waals surface area contributed by atoms with Crippen molar-refractivity contribution in [3.05, 3.63) is 113 Å². The first-order valence-corrected chi connectivity index (χ1v) is 19.7. The first-order chi connectivity index (χ1) is 21.8. The summed E-state index contributed by atoms with van der Waals surface area (Å²) >= 11 is 12.5. The lowest BCUT2D eigenvalue weighted by Crippen LogP contribution is -2.37. The molecule has 0 amide bonds. The van der Waals surface area contributed by atoms with E-state index in [1.165, 1.54) is 45.0 Å². The van der Waals surface area contributed by atoms with Crippen LogP contribution in [0.2, 0.25) is 29.7 Å². The predicted molar refractivity (Wildman–Crippen MR) is 202 cm³/mol. The molecule has 6 heteroatoms.